The Hall–Kier alpha value is -1.10. The minimum Gasteiger partial charge on any atom is -0.330 e. The van der Waals surface area contributed by atoms with Crippen LogP contribution in [0.4, 0.5) is 0 Å². The Labute approximate surface area is 58.7 Å². The summed E-state index contributed by atoms with van der Waals surface area (Å²) in [5.74, 6) is 0. The van der Waals surface area contributed by atoms with E-state index in [0.29, 0.717) is 6.54 Å². The summed E-state index contributed by atoms with van der Waals surface area (Å²) in [7, 11) is 0. The van der Waals surface area contributed by atoms with E-state index in [2.05, 4.69) is 20.6 Å². The largest absolute Gasteiger partial charge is 0.330 e. The predicted octanol–water partition coefficient (Wildman–Crippen LogP) is -0.842. The van der Waals surface area contributed by atoms with Crippen LogP contribution in [0.3, 0.4) is 0 Å². The molecule has 0 aliphatic carbocycles. The minimum absolute atomic E-state index is 0.671. The zero-order chi connectivity index (χ0) is 7.23. The van der Waals surface area contributed by atoms with E-state index in [1.54, 1.807) is 6.20 Å². The predicted molar refractivity (Wildman–Crippen MR) is 35.0 cm³/mol. The summed E-state index contributed by atoms with van der Waals surface area (Å²) in [5.41, 5.74) is 6.14. The zero-order valence-electron chi connectivity index (χ0n) is 5.56. The maximum atomic E-state index is 5.29. The molecule has 0 spiro atoms. The number of aryl methyl sites for hydroxylation is 1. The third-order valence-corrected chi connectivity index (χ3v) is 1.11. The van der Waals surface area contributed by atoms with Gasteiger partial charge in [0.25, 0.3) is 0 Å². The highest BCUT2D eigenvalue weighted by Crippen LogP contribution is 1.91. The smallest absolute Gasteiger partial charge is 0.0851 e. The number of rotatable bonds is 3. The van der Waals surface area contributed by atoms with Crippen molar-refractivity contribution in [3.8, 4) is 0 Å². The maximum Gasteiger partial charge on any atom is 0.0851 e. The highest BCUT2D eigenvalue weighted by Gasteiger charge is 1.92. The standard InChI is InChI=1S/C5H9N5/c6-3-1-2-5-4-7-9-10-8-5/h4H,1-3,6H2. The molecular formula is C5H9N5. The Balaban J connectivity index is 2.43. The number of hydrogen-bond donors (Lipinski definition) is 1. The van der Waals surface area contributed by atoms with E-state index in [9.17, 15) is 0 Å². The first kappa shape index (κ1) is 7.01. The van der Waals surface area contributed by atoms with Gasteiger partial charge in [-0.2, -0.15) is 0 Å². The summed E-state index contributed by atoms with van der Waals surface area (Å²) in [6.07, 6.45) is 3.35. The van der Waals surface area contributed by atoms with E-state index in [-0.39, 0.29) is 0 Å². The minimum atomic E-state index is 0.671. The Morgan fingerprint density at radius 1 is 1.40 bits per heavy atom. The molecule has 1 aromatic heterocycles. The van der Waals surface area contributed by atoms with Crippen molar-refractivity contribution in [2.75, 3.05) is 6.54 Å². The van der Waals surface area contributed by atoms with E-state index < -0.39 is 0 Å². The van der Waals surface area contributed by atoms with Crippen molar-refractivity contribution >= 4 is 0 Å². The van der Waals surface area contributed by atoms with Crippen molar-refractivity contribution in [3.63, 3.8) is 0 Å². The fourth-order valence-corrected chi connectivity index (χ4v) is 0.617. The van der Waals surface area contributed by atoms with E-state index in [4.69, 9.17) is 5.73 Å². The van der Waals surface area contributed by atoms with E-state index in [1.807, 2.05) is 0 Å². The lowest BCUT2D eigenvalue weighted by atomic mass is 10.2. The lowest BCUT2D eigenvalue weighted by Crippen LogP contribution is -2.03. The van der Waals surface area contributed by atoms with E-state index in [0.717, 1.165) is 18.5 Å². The molecular weight excluding hydrogens is 130 g/mol. The summed E-state index contributed by atoms with van der Waals surface area (Å²) >= 11 is 0. The zero-order valence-corrected chi connectivity index (χ0v) is 5.56. The molecule has 0 amide bonds. The van der Waals surface area contributed by atoms with Crippen molar-refractivity contribution in [1.82, 2.24) is 20.6 Å². The molecule has 1 rings (SSSR count). The van der Waals surface area contributed by atoms with Crippen molar-refractivity contribution < 1.29 is 0 Å². The second-order valence-electron chi connectivity index (χ2n) is 1.91. The first-order valence-electron chi connectivity index (χ1n) is 3.13. The van der Waals surface area contributed by atoms with E-state index in [1.165, 1.54) is 0 Å². The molecule has 1 aromatic rings. The molecule has 54 valence electrons. The second kappa shape index (κ2) is 3.84. The topological polar surface area (TPSA) is 77.6 Å². The van der Waals surface area contributed by atoms with Crippen LogP contribution in [0, 0.1) is 0 Å². The SMILES string of the molecule is NCCCc1cnnnn1. The van der Waals surface area contributed by atoms with Crippen LogP contribution >= 0.6 is 0 Å². The first-order valence-corrected chi connectivity index (χ1v) is 3.13. The van der Waals surface area contributed by atoms with Gasteiger partial charge in [-0.1, -0.05) is 0 Å². The molecule has 0 aliphatic rings. The van der Waals surface area contributed by atoms with Crippen molar-refractivity contribution in [2.45, 2.75) is 12.8 Å². The van der Waals surface area contributed by atoms with Crippen molar-refractivity contribution in [3.05, 3.63) is 11.9 Å². The molecule has 0 saturated heterocycles. The maximum absolute atomic E-state index is 5.29. The Morgan fingerprint density at radius 2 is 2.30 bits per heavy atom. The number of aromatic nitrogens is 4. The fourth-order valence-electron chi connectivity index (χ4n) is 0.617. The Morgan fingerprint density at radius 3 is 2.90 bits per heavy atom. The van der Waals surface area contributed by atoms with Crippen LogP contribution in [-0.2, 0) is 6.42 Å². The molecule has 0 unspecified atom stereocenters. The molecule has 0 radical (unpaired) electrons. The molecule has 0 saturated carbocycles. The lowest BCUT2D eigenvalue weighted by molar-refractivity contribution is 0.699. The van der Waals surface area contributed by atoms with Crippen LogP contribution in [0.15, 0.2) is 6.20 Å². The molecule has 5 nitrogen and oxygen atoms in total. The average Bonchev–Trinajstić information content (AvgIpc) is 2.03. The Kier molecular flexibility index (Phi) is 2.69. The summed E-state index contributed by atoms with van der Waals surface area (Å²) in [6, 6.07) is 0. The lowest BCUT2D eigenvalue weighted by Gasteiger charge is -1.92. The molecule has 10 heavy (non-hydrogen) atoms. The number of hydrogen-bond acceptors (Lipinski definition) is 5. The van der Waals surface area contributed by atoms with Crippen LogP contribution in [0.2, 0.25) is 0 Å². The highest BCUT2D eigenvalue weighted by molar-refractivity contribution is 4.88. The molecule has 0 atom stereocenters. The Bertz CT molecular complexity index is 175. The number of nitrogens with two attached hydrogens (primary N) is 1. The highest BCUT2D eigenvalue weighted by atomic mass is 15.4. The summed E-state index contributed by atoms with van der Waals surface area (Å²) in [6.45, 7) is 0.671. The third-order valence-electron chi connectivity index (χ3n) is 1.11. The van der Waals surface area contributed by atoms with Crippen molar-refractivity contribution in [1.29, 1.82) is 0 Å². The van der Waals surface area contributed by atoms with Crippen LogP contribution < -0.4 is 5.73 Å². The molecule has 0 bridgehead atoms. The van der Waals surface area contributed by atoms with Crippen LogP contribution in [0.25, 0.3) is 0 Å². The van der Waals surface area contributed by atoms with Gasteiger partial charge in [0.1, 0.15) is 0 Å². The molecule has 0 aromatic carbocycles. The monoisotopic (exact) mass is 139 g/mol. The van der Waals surface area contributed by atoms with Gasteiger partial charge in [0.15, 0.2) is 0 Å². The normalized spacial score (nSPS) is 9.70. The summed E-state index contributed by atoms with van der Waals surface area (Å²) < 4.78 is 0. The first-order chi connectivity index (χ1) is 4.93. The third kappa shape index (κ3) is 2.02. The van der Waals surface area contributed by atoms with Gasteiger partial charge in [-0.25, -0.2) is 0 Å². The van der Waals surface area contributed by atoms with Crippen LogP contribution in [-0.4, -0.2) is 27.2 Å². The quantitative estimate of drug-likeness (QED) is 0.590. The molecule has 2 N–H and O–H groups in total. The average molecular weight is 139 g/mol. The van der Waals surface area contributed by atoms with E-state index >= 15 is 0 Å². The van der Waals surface area contributed by atoms with Gasteiger partial charge in [0.05, 0.1) is 11.9 Å². The van der Waals surface area contributed by atoms with Crippen LogP contribution in [0.1, 0.15) is 12.1 Å². The molecule has 0 fully saturated rings. The molecule has 5 heteroatoms. The summed E-state index contributed by atoms with van der Waals surface area (Å²) in [5, 5.41) is 14.0. The fraction of sp³-hybridized carbons (Fsp3) is 0.600. The number of nitrogens with zero attached hydrogens (tertiary/aromatic N) is 4. The van der Waals surface area contributed by atoms with Gasteiger partial charge in [-0.3, -0.25) is 0 Å². The van der Waals surface area contributed by atoms with Gasteiger partial charge in [-0.15, -0.1) is 10.2 Å². The molecule has 1 heterocycles. The van der Waals surface area contributed by atoms with Gasteiger partial charge >= 0.3 is 0 Å². The summed E-state index contributed by atoms with van der Waals surface area (Å²) in [4.78, 5) is 0. The van der Waals surface area contributed by atoms with Crippen molar-refractivity contribution in [2.24, 2.45) is 5.73 Å². The van der Waals surface area contributed by atoms with Crippen LogP contribution in [0.5, 0.6) is 0 Å². The van der Waals surface area contributed by atoms with Gasteiger partial charge in [0.2, 0.25) is 0 Å². The second-order valence-corrected chi connectivity index (χ2v) is 1.91. The van der Waals surface area contributed by atoms with Gasteiger partial charge in [0, 0.05) is 0 Å². The van der Waals surface area contributed by atoms with Gasteiger partial charge in [-0.05, 0) is 29.8 Å². The molecule has 0 aliphatic heterocycles. The van der Waals surface area contributed by atoms with Gasteiger partial charge < -0.3 is 5.73 Å².